The van der Waals surface area contributed by atoms with Gasteiger partial charge in [-0.05, 0) is 45.4 Å². The van der Waals surface area contributed by atoms with Crippen molar-refractivity contribution < 1.29 is 19.4 Å². The summed E-state index contributed by atoms with van der Waals surface area (Å²) < 4.78 is 10.7. The highest BCUT2D eigenvalue weighted by Crippen LogP contribution is 2.12. The fourth-order valence-electron chi connectivity index (χ4n) is 1.52. The first-order chi connectivity index (χ1) is 9.30. The molecule has 0 aromatic heterocycles. The van der Waals surface area contributed by atoms with Crippen LogP contribution in [-0.4, -0.2) is 36.1 Å². The van der Waals surface area contributed by atoms with Gasteiger partial charge in [-0.1, -0.05) is 12.1 Å². The Bertz CT molecular complexity index is 440. The molecule has 1 aromatic rings. The smallest absolute Gasteiger partial charge is 0.408 e. The number of nitrogens with one attached hydrogen (secondary N) is 1. The van der Waals surface area contributed by atoms with Crippen molar-refractivity contribution >= 4 is 6.09 Å². The largest absolute Gasteiger partial charge is 0.491 e. The third-order valence-electron chi connectivity index (χ3n) is 2.38. The Morgan fingerprint density at radius 1 is 1.40 bits per heavy atom. The average molecular weight is 281 g/mol. The molecule has 0 aliphatic carbocycles. The first-order valence-corrected chi connectivity index (χ1v) is 6.60. The fraction of sp³-hybridized carbons (Fsp3) is 0.533. The molecule has 0 spiro atoms. The Morgan fingerprint density at radius 2 is 2.10 bits per heavy atom. The van der Waals surface area contributed by atoms with E-state index >= 15 is 0 Å². The molecule has 1 rings (SSSR count). The van der Waals surface area contributed by atoms with Crippen LogP contribution in [0.15, 0.2) is 24.3 Å². The lowest BCUT2D eigenvalue weighted by atomic mass is 10.2. The van der Waals surface area contributed by atoms with Gasteiger partial charge in [0.05, 0.1) is 12.6 Å². The maximum absolute atomic E-state index is 11.6. The van der Waals surface area contributed by atoms with Crippen molar-refractivity contribution in [1.29, 1.82) is 0 Å². The van der Waals surface area contributed by atoms with Crippen LogP contribution in [0.25, 0.3) is 0 Å². The van der Waals surface area contributed by atoms with Crippen LogP contribution in [0, 0.1) is 6.92 Å². The number of hydrogen-bond acceptors (Lipinski definition) is 4. The van der Waals surface area contributed by atoms with Gasteiger partial charge in [0.15, 0.2) is 0 Å². The third-order valence-corrected chi connectivity index (χ3v) is 2.38. The van der Waals surface area contributed by atoms with Crippen molar-refractivity contribution in [3.8, 4) is 5.75 Å². The number of hydrogen-bond donors (Lipinski definition) is 2. The molecule has 0 fully saturated rings. The summed E-state index contributed by atoms with van der Waals surface area (Å²) >= 11 is 0. The molecule has 0 aliphatic rings. The first kappa shape index (κ1) is 16.3. The monoisotopic (exact) mass is 281 g/mol. The number of aliphatic hydroxyl groups excluding tert-OH is 1. The summed E-state index contributed by atoms with van der Waals surface area (Å²) in [5.41, 5.74) is 0.518. The van der Waals surface area contributed by atoms with Crippen molar-refractivity contribution in [2.75, 3.05) is 13.2 Å². The van der Waals surface area contributed by atoms with E-state index in [1.54, 1.807) is 20.8 Å². The minimum absolute atomic E-state index is 0.180. The lowest BCUT2D eigenvalue weighted by Gasteiger charge is -2.22. The molecule has 0 saturated heterocycles. The van der Waals surface area contributed by atoms with Crippen molar-refractivity contribution in [2.24, 2.45) is 0 Å². The predicted octanol–water partition coefficient (Wildman–Crippen LogP) is 2.26. The second-order valence-electron chi connectivity index (χ2n) is 5.65. The van der Waals surface area contributed by atoms with Crippen LogP contribution in [0.1, 0.15) is 26.3 Å². The normalized spacial score (nSPS) is 12.7. The van der Waals surface area contributed by atoms with Gasteiger partial charge < -0.3 is 19.9 Å². The average Bonchev–Trinajstić information content (AvgIpc) is 2.32. The van der Waals surface area contributed by atoms with E-state index in [0.29, 0.717) is 5.75 Å². The zero-order chi connectivity index (χ0) is 15.2. The van der Waals surface area contributed by atoms with Crippen molar-refractivity contribution in [2.45, 2.75) is 39.3 Å². The van der Waals surface area contributed by atoms with E-state index in [-0.39, 0.29) is 13.2 Å². The number of amides is 1. The summed E-state index contributed by atoms with van der Waals surface area (Å²) in [7, 11) is 0. The fourth-order valence-corrected chi connectivity index (χ4v) is 1.52. The molecule has 2 N–H and O–H groups in total. The maximum atomic E-state index is 11.6. The van der Waals surface area contributed by atoms with Gasteiger partial charge in [0.1, 0.15) is 18.0 Å². The summed E-state index contributed by atoms with van der Waals surface area (Å²) in [4.78, 5) is 11.6. The molecule has 5 heteroatoms. The second kappa shape index (κ2) is 7.14. The minimum atomic E-state index is -0.568. The van der Waals surface area contributed by atoms with Gasteiger partial charge in [-0.25, -0.2) is 4.79 Å². The summed E-state index contributed by atoms with van der Waals surface area (Å²) in [6.45, 7) is 7.27. The van der Waals surface area contributed by atoms with Crippen LogP contribution in [0.3, 0.4) is 0 Å². The second-order valence-corrected chi connectivity index (χ2v) is 5.65. The van der Waals surface area contributed by atoms with E-state index < -0.39 is 17.7 Å². The molecule has 1 unspecified atom stereocenters. The number of ether oxygens (including phenoxy) is 2. The minimum Gasteiger partial charge on any atom is -0.491 e. The SMILES string of the molecule is Cc1cccc(OCC(CO)NC(=O)OC(C)(C)C)c1. The number of aryl methyl sites for hydroxylation is 1. The van der Waals surface area contributed by atoms with Gasteiger partial charge in [0, 0.05) is 0 Å². The Hall–Kier alpha value is -1.75. The zero-order valence-corrected chi connectivity index (χ0v) is 12.5. The number of carbonyl (C=O) groups is 1. The van der Waals surface area contributed by atoms with E-state index in [2.05, 4.69) is 5.32 Å². The summed E-state index contributed by atoms with van der Waals surface area (Å²) in [5, 5.41) is 11.8. The molecule has 1 atom stereocenters. The Balaban J connectivity index is 2.45. The van der Waals surface area contributed by atoms with Gasteiger partial charge in [0.25, 0.3) is 0 Å². The van der Waals surface area contributed by atoms with Gasteiger partial charge in [-0.2, -0.15) is 0 Å². The number of alkyl carbamates (subject to hydrolysis) is 1. The van der Waals surface area contributed by atoms with Gasteiger partial charge >= 0.3 is 6.09 Å². The van der Waals surface area contributed by atoms with Crippen LogP contribution >= 0.6 is 0 Å². The van der Waals surface area contributed by atoms with Gasteiger partial charge in [-0.3, -0.25) is 0 Å². The Labute approximate surface area is 119 Å². The summed E-state index contributed by atoms with van der Waals surface area (Å²) in [6.07, 6.45) is -0.565. The van der Waals surface area contributed by atoms with Crippen molar-refractivity contribution in [3.05, 3.63) is 29.8 Å². The number of carbonyl (C=O) groups excluding carboxylic acids is 1. The Morgan fingerprint density at radius 3 is 2.65 bits per heavy atom. The standard InChI is InChI=1S/C15H23NO4/c1-11-6-5-7-13(8-11)19-10-12(9-17)16-14(18)20-15(2,3)4/h5-8,12,17H,9-10H2,1-4H3,(H,16,18). The summed E-state index contributed by atoms with van der Waals surface area (Å²) in [6, 6.07) is 7.07. The van der Waals surface area contributed by atoms with Gasteiger partial charge in [-0.15, -0.1) is 0 Å². The van der Waals surface area contributed by atoms with E-state index in [1.165, 1.54) is 0 Å². The molecule has 20 heavy (non-hydrogen) atoms. The molecule has 0 heterocycles. The highest BCUT2D eigenvalue weighted by Gasteiger charge is 2.19. The summed E-state index contributed by atoms with van der Waals surface area (Å²) in [5.74, 6) is 0.703. The first-order valence-electron chi connectivity index (χ1n) is 6.60. The molecule has 0 radical (unpaired) electrons. The van der Waals surface area contributed by atoms with Crippen molar-refractivity contribution in [3.63, 3.8) is 0 Å². The van der Waals surface area contributed by atoms with Crippen LogP contribution in [0.2, 0.25) is 0 Å². The number of aliphatic hydroxyl groups is 1. The molecule has 1 amide bonds. The van der Waals surface area contributed by atoms with E-state index in [0.717, 1.165) is 5.56 Å². The predicted molar refractivity (Wildman–Crippen MR) is 76.9 cm³/mol. The van der Waals surface area contributed by atoms with Crippen LogP contribution in [0.5, 0.6) is 5.75 Å². The third kappa shape index (κ3) is 6.43. The van der Waals surface area contributed by atoms with Crippen molar-refractivity contribution in [1.82, 2.24) is 5.32 Å². The lowest BCUT2D eigenvalue weighted by Crippen LogP contribution is -2.44. The van der Waals surface area contributed by atoms with Crippen LogP contribution in [0.4, 0.5) is 4.79 Å². The Kier molecular flexibility index (Phi) is 5.82. The van der Waals surface area contributed by atoms with E-state index in [9.17, 15) is 9.90 Å². The molecule has 1 aromatic carbocycles. The molecule has 112 valence electrons. The molecule has 0 saturated carbocycles. The number of benzene rings is 1. The molecular formula is C15H23NO4. The van der Waals surface area contributed by atoms with Crippen LogP contribution < -0.4 is 10.1 Å². The van der Waals surface area contributed by atoms with Gasteiger partial charge in [0.2, 0.25) is 0 Å². The molecular weight excluding hydrogens is 258 g/mol. The quantitative estimate of drug-likeness (QED) is 0.868. The lowest BCUT2D eigenvalue weighted by molar-refractivity contribution is 0.0458. The highest BCUT2D eigenvalue weighted by molar-refractivity contribution is 5.68. The number of rotatable bonds is 5. The zero-order valence-electron chi connectivity index (χ0n) is 12.5. The van der Waals surface area contributed by atoms with Crippen LogP contribution in [-0.2, 0) is 4.74 Å². The highest BCUT2D eigenvalue weighted by atomic mass is 16.6. The maximum Gasteiger partial charge on any atom is 0.408 e. The van der Waals surface area contributed by atoms with E-state index in [1.807, 2.05) is 31.2 Å². The molecule has 0 aliphatic heterocycles. The molecule has 0 bridgehead atoms. The molecule has 5 nitrogen and oxygen atoms in total. The topological polar surface area (TPSA) is 67.8 Å². The van der Waals surface area contributed by atoms with E-state index in [4.69, 9.17) is 9.47 Å².